The monoisotopic (exact) mass is 574 g/mol. The van der Waals surface area contributed by atoms with E-state index in [4.69, 9.17) is 9.47 Å². The summed E-state index contributed by atoms with van der Waals surface area (Å²) < 4.78 is 140. The number of carbonyl (C=O) groups is 2. The highest BCUT2D eigenvalue weighted by Crippen LogP contribution is 2.39. The molecule has 0 atom stereocenters. The average molecular weight is 574 g/mol. The molecule has 1 aromatic rings. The van der Waals surface area contributed by atoms with E-state index in [1.54, 1.807) is 0 Å². The van der Waals surface area contributed by atoms with E-state index in [2.05, 4.69) is 8.37 Å². The van der Waals surface area contributed by atoms with Gasteiger partial charge in [0, 0.05) is 12.8 Å². The van der Waals surface area contributed by atoms with Gasteiger partial charge in [0.25, 0.3) is 0 Å². The second kappa shape index (κ2) is 12.0. The number of ether oxygens (including phenoxy) is 2. The van der Waals surface area contributed by atoms with Gasteiger partial charge in [-0.2, -0.15) is 43.2 Å². The summed E-state index contributed by atoms with van der Waals surface area (Å²) in [6.07, 6.45) is -1.59. The van der Waals surface area contributed by atoms with E-state index in [-0.39, 0.29) is 37.2 Å². The van der Waals surface area contributed by atoms with Crippen LogP contribution >= 0.6 is 0 Å². The van der Waals surface area contributed by atoms with Crippen molar-refractivity contribution in [1.82, 2.24) is 0 Å². The van der Waals surface area contributed by atoms with Crippen molar-refractivity contribution in [1.29, 1.82) is 0 Å². The van der Waals surface area contributed by atoms with Gasteiger partial charge in [-0.15, -0.1) is 0 Å². The van der Waals surface area contributed by atoms with Gasteiger partial charge in [0.2, 0.25) is 0 Å². The zero-order valence-corrected chi connectivity index (χ0v) is 20.2. The van der Waals surface area contributed by atoms with Crippen molar-refractivity contribution in [2.45, 2.75) is 50.5 Å². The molecule has 0 spiro atoms. The molecule has 0 aromatic heterocycles. The van der Waals surface area contributed by atoms with E-state index in [0.717, 1.165) is 0 Å². The minimum Gasteiger partial charge on any atom is -0.466 e. The van der Waals surface area contributed by atoms with Crippen LogP contribution < -0.4 is 8.37 Å². The third-order valence-corrected chi connectivity index (χ3v) is 5.97. The molecule has 0 fully saturated rings. The zero-order valence-electron chi connectivity index (χ0n) is 18.6. The molecule has 18 heteroatoms. The Morgan fingerprint density at radius 3 is 1.25 bits per heavy atom. The Hall–Kier alpha value is -2.76. The summed E-state index contributed by atoms with van der Waals surface area (Å²) in [5, 5.41) is 0. The molecule has 0 N–H and O–H groups in total. The van der Waals surface area contributed by atoms with Crippen molar-refractivity contribution in [2.24, 2.45) is 0 Å². The molecular formula is C18H20F6O10S2. The quantitative estimate of drug-likeness (QED) is 0.158. The maximum absolute atomic E-state index is 12.8. The Morgan fingerprint density at radius 1 is 0.694 bits per heavy atom. The number of hydrogen-bond acceptors (Lipinski definition) is 10. The molecule has 0 saturated carbocycles. The van der Waals surface area contributed by atoms with E-state index in [1.165, 1.54) is 13.8 Å². The number of rotatable bonds is 12. The summed E-state index contributed by atoms with van der Waals surface area (Å²) in [6.45, 7) is 2.89. The Balaban J connectivity index is 3.66. The van der Waals surface area contributed by atoms with E-state index >= 15 is 0 Å². The Morgan fingerprint density at radius 2 is 1.00 bits per heavy atom. The lowest BCUT2D eigenvalue weighted by atomic mass is 9.98. The van der Waals surface area contributed by atoms with Crippen LogP contribution in [0.2, 0.25) is 0 Å². The minimum absolute atomic E-state index is 0.0329. The van der Waals surface area contributed by atoms with E-state index in [9.17, 15) is 52.8 Å². The first-order chi connectivity index (χ1) is 16.3. The highest BCUT2D eigenvalue weighted by Gasteiger charge is 2.51. The van der Waals surface area contributed by atoms with Crippen LogP contribution in [0.1, 0.15) is 37.8 Å². The van der Waals surface area contributed by atoms with Crippen LogP contribution in [0.5, 0.6) is 11.5 Å². The highest BCUT2D eigenvalue weighted by molar-refractivity contribution is 7.88. The molecule has 0 unspecified atom stereocenters. The second-order valence-corrected chi connectivity index (χ2v) is 9.72. The van der Waals surface area contributed by atoms with Crippen molar-refractivity contribution in [3.63, 3.8) is 0 Å². The predicted octanol–water partition coefficient (Wildman–Crippen LogP) is 3.13. The standard InChI is InChI=1S/C18H20F6O10S2/c1-3-31-15(25)7-5-11-9-13(33-35(27,28)17(19,20)21)14(34-36(29,30)18(22,23)24)10-12(11)6-8-16(26)32-4-2/h9-10H,3-8H2,1-2H3. The number of benzene rings is 1. The van der Waals surface area contributed by atoms with Crippen molar-refractivity contribution < 1.29 is 70.6 Å². The zero-order chi connectivity index (χ0) is 27.9. The third-order valence-electron chi connectivity index (χ3n) is 4.04. The summed E-state index contributed by atoms with van der Waals surface area (Å²) >= 11 is 0. The van der Waals surface area contributed by atoms with Crippen LogP contribution in [0.3, 0.4) is 0 Å². The van der Waals surface area contributed by atoms with E-state index in [0.29, 0.717) is 12.1 Å². The summed E-state index contributed by atoms with van der Waals surface area (Å²) in [5.74, 6) is -4.70. The molecule has 206 valence electrons. The molecule has 0 saturated heterocycles. The molecule has 0 amide bonds. The summed E-state index contributed by atoms with van der Waals surface area (Å²) in [5.41, 5.74) is -12.4. The molecule has 0 bridgehead atoms. The van der Waals surface area contributed by atoms with E-state index < -0.39 is 67.5 Å². The number of hydrogen-bond donors (Lipinski definition) is 0. The Bertz CT molecular complexity index is 1070. The molecule has 36 heavy (non-hydrogen) atoms. The lowest BCUT2D eigenvalue weighted by molar-refractivity contribution is -0.144. The molecular weight excluding hydrogens is 554 g/mol. The summed E-state index contributed by atoms with van der Waals surface area (Å²) in [7, 11) is -13.0. The number of aryl methyl sites for hydroxylation is 2. The van der Waals surface area contributed by atoms with Crippen LogP contribution in [0.4, 0.5) is 26.3 Å². The number of esters is 2. The van der Waals surface area contributed by atoms with Gasteiger partial charge in [0.15, 0.2) is 11.5 Å². The van der Waals surface area contributed by atoms with Crippen molar-refractivity contribution in [3.05, 3.63) is 23.3 Å². The molecule has 1 aromatic carbocycles. The fraction of sp³-hybridized carbons (Fsp3) is 0.556. The Kier molecular flexibility index (Phi) is 10.4. The average Bonchev–Trinajstić information content (AvgIpc) is 2.71. The summed E-state index contributed by atoms with van der Waals surface area (Å²) in [6, 6.07) is 0.925. The smallest absolute Gasteiger partial charge is 0.466 e. The van der Waals surface area contributed by atoms with Crippen LogP contribution in [-0.4, -0.2) is 53.0 Å². The lowest BCUT2D eigenvalue weighted by Crippen LogP contribution is -2.30. The van der Waals surface area contributed by atoms with Gasteiger partial charge < -0.3 is 17.8 Å². The first-order valence-corrected chi connectivity index (χ1v) is 12.6. The molecule has 0 aliphatic heterocycles. The fourth-order valence-electron chi connectivity index (χ4n) is 2.51. The predicted molar refractivity (Wildman–Crippen MR) is 108 cm³/mol. The van der Waals surface area contributed by atoms with Crippen molar-refractivity contribution in [2.75, 3.05) is 13.2 Å². The van der Waals surface area contributed by atoms with Gasteiger partial charge in [0.05, 0.1) is 13.2 Å². The van der Waals surface area contributed by atoms with Gasteiger partial charge in [-0.25, -0.2) is 0 Å². The third kappa shape index (κ3) is 8.72. The highest BCUT2D eigenvalue weighted by atomic mass is 32.2. The number of carbonyl (C=O) groups excluding carboxylic acids is 2. The van der Waals surface area contributed by atoms with Gasteiger partial charge in [-0.05, 0) is 49.9 Å². The lowest BCUT2D eigenvalue weighted by Gasteiger charge is -2.18. The van der Waals surface area contributed by atoms with Gasteiger partial charge in [-0.3, -0.25) is 9.59 Å². The van der Waals surface area contributed by atoms with Gasteiger partial charge >= 0.3 is 43.2 Å². The SMILES string of the molecule is CCOC(=O)CCc1cc(OS(=O)(=O)C(F)(F)F)c(OS(=O)(=O)C(F)(F)F)cc1CCC(=O)OCC. The molecule has 0 aliphatic carbocycles. The molecule has 10 nitrogen and oxygen atoms in total. The van der Waals surface area contributed by atoms with Crippen LogP contribution in [0.15, 0.2) is 12.1 Å². The maximum Gasteiger partial charge on any atom is 0.534 e. The first-order valence-electron chi connectivity index (χ1n) is 9.83. The molecule has 1 rings (SSSR count). The topological polar surface area (TPSA) is 139 Å². The van der Waals surface area contributed by atoms with Gasteiger partial charge in [-0.1, -0.05) is 0 Å². The van der Waals surface area contributed by atoms with Crippen LogP contribution in [0.25, 0.3) is 0 Å². The molecule has 0 aliphatic rings. The number of halogens is 6. The number of alkyl halides is 6. The minimum atomic E-state index is -6.49. The maximum atomic E-state index is 12.8. The van der Waals surface area contributed by atoms with Crippen molar-refractivity contribution in [3.8, 4) is 11.5 Å². The first kappa shape index (κ1) is 31.3. The largest absolute Gasteiger partial charge is 0.534 e. The normalized spacial score (nSPS) is 12.7. The van der Waals surface area contributed by atoms with Crippen LogP contribution in [-0.2, 0) is 52.1 Å². The second-order valence-electron chi connectivity index (χ2n) is 6.64. The fourth-order valence-corrected chi connectivity index (χ4v) is 3.43. The van der Waals surface area contributed by atoms with Gasteiger partial charge in [0.1, 0.15) is 0 Å². The van der Waals surface area contributed by atoms with E-state index in [1.807, 2.05) is 0 Å². The summed E-state index contributed by atoms with van der Waals surface area (Å²) in [4.78, 5) is 23.4. The van der Waals surface area contributed by atoms with Crippen LogP contribution in [0, 0.1) is 0 Å². The van der Waals surface area contributed by atoms with Crippen molar-refractivity contribution >= 4 is 32.2 Å². The molecule has 0 radical (unpaired) electrons. The molecule has 0 heterocycles. The Labute approximate surface area is 201 Å².